The topological polar surface area (TPSA) is 78.9 Å². The third-order valence-electron chi connectivity index (χ3n) is 6.23. The first-order chi connectivity index (χ1) is 19.2. The van der Waals surface area contributed by atoms with Crippen LogP contribution in [0.15, 0.2) is 103 Å². The SMILES string of the molecule is C=C(C)C(=O)OCCc1ccc(C(=O)Oc2ccc(-c3ccc(OC(=O)c4ccc(C)cc4)cc3C)cc2)cc1. The quantitative estimate of drug-likeness (QED) is 0.130. The maximum absolute atomic E-state index is 12.6. The highest BCUT2D eigenvalue weighted by atomic mass is 16.5. The van der Waals surface area contributed by atoms with Crippen LogP contribution < -0.4 is 9.47 Å². The third kappa shape index (κ3) is 7.32. The van der Waals surface area contributed by atoms with Crippen molar-refractivity contribution in [2.24, 2.45) is 0 Å². The van der Waals surface area contributed by atoms with Crippen molar-refractivity contribution in [3.8, 4) is 22.6 Å². The molecule has 0 aliphatic heterocycles. The number of aryl methyl sites for hydroxylation is 2. The fourth-order valence-corrected chi connectivity index (χ4v) is 3.94. The Morgan fingerprint density at radius 1 is 0.700 bits per heavy atom. The van der Waals surface area contributed by atoms with Crippen LogP contribution in [0.1, 0.15) is 44.3 Å². The number of carbonyl (C=O) groups excluding carboxylic acids is 3. The van der Waals surface area contributed by atoms with E-state index in [0.29, 0.717) is 34.6 Å². The monoisotopic (exact) mass is 534 g/mol. The van der Waals surface area contributed by atoms with E-state index in [4.69, 9.17) is 14.2 Å². The lowest BCUT2D eigenvalue weighted by molar-refractivity contribution is -0.138. The van der Waals surface area contributed by atoms with Gasteiger partial charge in [0.15, 0.2) is 0 Å². The summed E-state index contributed by atoms with van der Waals surface area (Å²) >= 11 is 0. The third-order valence-corrected chi connectivity index (χ3v) is 6.23. The average Bonchev–Trinajstić information content (AvgIpc) is 2.94. The van der Waals surface area contributed by atoms with E-state index in [1.165, 1.54) is 0 Å². The van der Waals surface area contributed by atoms with Crippen LogP contribution in [0.2, 0.25) is 0 Å². The predicted octanol–water partition coefficient (Wildman–Crippen LogP) is 7.07. The number of ether oxygens (including phenoxy) is 3. The maximum Gasteiger partial charge on any atom is 0.343 e. The molecule has 0 unspecified atom stereocenters. The summed E-state index contributed by atoms with van der Waals surface area (Å²) in [7, 11) is 0. The van der Waals surface area contributed by atoms with Crippen molar-refractivity contribution in [2.45, 2.75) is 27.2 Å². The zero-order valence-electron chi connectivity index (χ0n) is 22.7. The summed E-state index contributed by atoms with van der Waals surface area (Å²) < 4.78 is 16.2. The lowest BCUT2D eigenvalue weighted by Crippen LogP contribution is -2.09. The molecule has 6 heteroatoms. The summed E-state index contributed by atoms with van der Waals surface area (Å²) in [5, 5.41) is 0. The van der Waals surface area contributed by atoms with Gasteiger partial charge in [-0.05, 0) is 91.6 Å². The van der Waals surface area contributed by atoms with E-state index < -0.39 is 17.9 Å². The maximum atomic E-state index is 12.6. The van der Waals surface area contributed by atoms with Crippen LogP contribution in [0.4, 0.5) is 0 Å². The molecule has 202 valence electrons. The van der Waals surface area contributed by atoms with Gasteiger partial charge in [0.1, 0.15) is 11.5 Å². The number of esters is 3. The second-order valence-electron chi connectivity index (χ2n) is 9.51. The molecule has 0 atom stereocenters. The minimum atomic E-state index is -0.469. The Morgan fingerprint density at radius 3 is 1.82 bits per heavy atom. The van der Waals surface area contributed by atoms with E-state index in [1.54, 1.807) is 61.5 Å². The highest BCUT2D eigenvalue weighted by Gasteiger charge is 2.12. The summed E-state index contributed by atoms with van der Waals surface area (Å²) in [6, 6.07) is 26.9. The minimum Gasteiger partial charge on any atom is -0.462 e. The number of hydrogen-bond donors (Lipinski definition) is 0. The Morgan fingerprint density at radius 2 is 1.25 bits per heavy atom. The molecule has 0 saturated heterocycles. The summed E-state index contributed by atoms with van der Waals surface area (Å²) in [5.41, 5.74) is 6.12. The minimum absolute atomic E-state index is 0.239. The van der Waals surface area contributed by atoms with Gasteiger partial charge in [0.05, 0.1) is 17.7 Å². The van der Waals surface area contributed by atoms with Crippen molar-refractivity contribution in [3.63, 3.8) is 0 Å². The van der Waals surface area contributed by atoms with Gasteiger partial charge in [-0.1, -0.05) is 54.6 Å². The highest BCUT2D eigenvalue weighted by Crippen LogP contribution is 2.29. The summed E-state index contributed by atoms with van der Waals surface area (Å²) in [5.74, 6) is -0.402. The van der Waals surface area contributed by atoms with Crippen LogP contribution >= 0.6 is 0 Å². The van der Waals surface area contributed by atoms with E-state index in [1.807, 2.05) is 50.2 Å². The standard InChI is InChI=1S/C34H30O6/c1-22(2)32(35)38-20-19-25-7-11-28(12-8-25)33(36)39-29-15-13-26(14-16-29)31-18-17-30(21-24(31)4)40-34(37)27-9-5-23(3)6-10-27/h5-18,21H,1,19-20H2,2-4H3. The molecule has 0 heterocycles. The first-order valence-corrected chi connectivity index (χ1v) is 12.8. The fraction of sp³-hybridized carbons (Fsp3) is 0.147. The molecule has 6 nitrogen and oxygen atoms in total. The van der Waals surface area contributed by atoms with Gasteiger partial charge in [0, 0.05) is 12.0 Å². The van der Waals surface area contributed by atoms with Crippen molar-refractivity contribution < 1.29 is 28.6 Å². The Hall–Kier alpha value is -4.97. The predicted molar refractivity (Wildman–Crippen MR) is 154 cm³/mol. The van der Waals surface area contributed by atoms with Gasteiger partial charge in [-0.25, -0.2) is 14.4 Å². The molecule has 40 heavy (non-hydrogen) atoms. The Balaban J connectivity index is 1.34. The second kappa shape index (κ2) is 12.7. The van der Waals surface area contributed by atoms with E-state index in [2.05, 4.69) is 6.58 Å². The highest BCUT2D eigenvalue weighted by molar-refractivity contribution is 5.92. The van der Waals surface area contributed by atoms with Crippen LogP contribution in [0.25, 0.3) is 11.1 Å². The Labute approximate surface area is 233 Å². The van der Waals surface area contributed by atoms with E-state index in [0.717, 1.165) is 27.8 Å². The molecule has 4 aromatic carbocycles. The molecule has 0 bridgehead atoms. The zero-order chi connectivity index (χ0) is 28.6. The van der Waals surface area contributed by atoms with Gasteiger partial charge in [-0.15, -0.1) is 0 Å². The molecule has 0 spiro atoms. The smallest absolute Gasteiger partial charge is 0.343 e. The first-order valence-electron chi connectivity index (χ1n) is 12.8. The van der Waals surface area contributed by atoms with Crippen LogP contribution in [0.5, 0.6) is 11.5 Å². The van der Waals surface area contributed by atoms with Gasteiger partial charge in [-0.3, -0.25) is 0 Å². The Bertz CT molecular complexity index is 1530. The molecule has 0 aromatic heterocycles. The lowest BCUT2D eigenvalue weighted by Gasteiger charge is -2.11. The number of hydrogen-bond acceptors (Lipinski definition) is 6. The van der Waals surface area contributed by atoms with Crippen molar-refractivity contribution in [1.82, 2.24) is 0 Å². The van der Waals surface area contributed by atoms with E-state index >= 15 is 0 Å². The second-order valence-corrected chi connectivity index (χ2v) is 9.51. The van der Waals surface area contributed by atoms with Crippen molar-refractivity contribution >= 4 is 17.9 Å². The van der Waals surface area contributed by atoms with Gasteiger partial charge in [0.2, 0.25) is 0 Å². The summed E-state index contributed by atoms with van der Waals surface area (Å²) in [4.78, 5) is 36.5. The van der Waals surface area contributed by atoms with E-state index in [-0.39, 0.29) is 6.61 Å². The summed E-state index contributed by atoms with van der Waals surface area (Å²) in [6.45, 7) is 9.30. The van der Waals surface area contributed by atoms with Crippen molar-refractivity contribution in [3.05, 3.63) is 131 Å². The molecule has 4 rings (SSSR count). The fourth-order valence-electron chi connectivity index (χ4n) is 3.94. The number of rotatable bonds is 9. The number of benzene rings is 4. The zero-order valence-corrected chi connectivity index (χ0v) is 22.7. The van der Waals surface area contributed by atoms with Gasteiger partial charge in [-0.2, -0.15) is 0 Å². The molecule has 0 saturated carbocycles. The molecule has 4 aromatic rings. The molecule has 0 aliphatic rings. The molecular formula is C34H30O6. The van der Waals surface area contributed by atoms with Crippen LogP contribution in [-0.2, 0) is 16.0 Å². The molecule has 0 radical (unpaired) electrons. The van der Waals surface area contributed by atoms with Gasteiger partial charge in [0.25, 0.3) is 0 Å². The number of carbonyl (C=O) groups is 3. The summed E-state index contributed by atoms with van der Waals surface area (Å²) in [6.07, 6.45) is 0.533. The molecule has 0 fully saturated rings. The van der Waals surface area contributed by atoms with Crippen LogP contribution in [0.3, 0.4) is 0 Å². The molecule has 0 N–H and O–H groups in total. The average molecular weight is 535 g/mol. The molecule has 0 amide bonds. The van der Waals surface area contributed by atoms with Crippen LogP contribution in [-0.4, -0.2) is 24.5 Å². The van der Waals surface area contributed by atoms with Gasteiger partial charge < -0.3 is 14.2 Å². The first kappa shape index (κ1) is 28.0. The molecule has 0 aliphatic carbocycles. The van der Waals surface area contributed by atoms with Crippen molar-refractivity contribution in [1.29, 1.82) is 0 Å². The normalized spacial score (nSPS) is 10.5. The van der Waals surface area contributed by atoms with Crippen molar-refractivity contribution in [2.75, 3.05) is 6.61 Å². The van der Waals surface area contributed by atoms with E-state index in [9.17, 15) is 14.4 Å². The van der Waals surface area contributed by atoms with Crippen LogP contribution in [0, 0.1) is 13.8 Å². The van der Waals surface area contributed by atoms with Gasteiger partial charge >= 0.3 is 17.9 Å². The largest absolute Gasteiger partial charge is 0.462 e. The Kier molecular flexibility index (Phi) is 8.92. The molecular weight excluding hydrogens is 504 g/mol. The lowest BCUT2D eigenvalue weighted by atomic mass is 10.0.